The third-order valence-corrected chi connectivity index (χ3v) is 9.66. The first kappa shape index (κ1) is 26.0. The van der Waals surface area contributed by atoms with E-state index in [0.29, 0.717) is 40.7 Å². The van der Waals surface area contributed by atoms with Gasteiger partial charge in [-0.25, -0.2) is 13.4 Å². The number of sulfonamides is 1. The maximum absolute atomic E-state index is 13.6. The molecule has 1 fully saturated rings. The molecule has 1 aliphatic heterocycles. The van der Waals surface area contributed by atoms with Crippen LogP contribution in [0.5, 0.6) is 0 Å². The van der Waals surface area contributed by atoms with Crippen LogP contribution in [0.25, 0.3) is 11.2 Å². The lowest BCUT2D eigenvalue weighted by molar-refractivity contribution is 0.275. The van der Waals surface area contributed by atoms with Crippen LogP contribution in [0, 0.1) is 26.7 Å². The molecule has 10 heteroatoms. The van der Waals surface area contributed by atoms with Crippen LogP contribution in [0.15, 0.2) is 46.5 Å². The van der Waals surface area contributed by atoms with E-state index in [0.717, 1.165) is 59.5 Å². The van der Waals surface area contributed by atoms with Gasteiger partial charge in [0.25, 0.3) is 0 Å². The molecular weight excluding hydrogens is 505 g/mol. The SMILES string of the molecule is [B]c1cnn2c(NCC3CCCN(S(=O)(=O)c4c(C)cc(C)cc4C)C3)cc(C3=CCCC=C3Cl)nc12. The monoisotopic (exact) mass is 535 g/mol. The molecular formula is C27H31BClN5O2S. The zero-order valence-electron chi connectivity index (χ0n) is 21.5. The van der Waals surface area contributed by atoms with Crippen LogP contribution in [0.1, 0.15) is 48.1 Å². The Hall–Kier alpha value is -2.62. The summed E-state index contributed by atoms with van der Waals surface area (Å²) in [6, 6.07) is 5.81. The quantitative estimate of drug-likeness (QED) is 0.477. The largest absolute Gasteiger partial charge is 0.370 e. The molecule has 192 valence electrons. The number of nitrogens with one attached hydrogen (secondary N) is 1. The van der Waals surface area contributed by atoms with Gasteiger partial charge in [0.05, 0.1) is 10.6 Å². The first-order chi connectivity index (χ1) is 17.6. The zero-order valence-corrected chi connectivity index (χ0v) is 23.0. The Balaban J connectivity index is 1.38. The van der Waals surface area contributed by atoms with Crippen LogP contribution in [0.2, 0.25) is 0 Å². The smallest absolute Gasteiger partial charge is 0.243 e. The van der Waals surface area contributed by atoms with Crippen molar-refractivity contribution in [2.45, 2.75) is 51.3 Å². The first-order valence-electron chi connectivity index (χ1n) is 12.7. The van der Waals surface area contributed by atoms with Gasteiger partial charge in [-0.1, -0.05) is 41.4 Å². The fourth-order valence-corrected chi connectivity index (χ4v) is 7.73. The number of hydrogen-bond acceptors (Lipinski definition) is 5. The average Bonchev–Trinajstić information content (AvgIpc) is 3.23. The molecule has 1 unspecified atom stereocenters. The molecule has 0 amide bonds. The van der Waals surface area contributed by atoms with E-state index in [9.17, 15) is 8.42 Å². The second-order valence-corrected chi connectivity index (χ2v) is 12.4. The summed E-state index contributed by atoms with van der Waals surface area (Å²) in [7, 11) is 2.58. The van der Waals surface area contributed by atoms with Crippen molar-refractivity contribution in [2.75, 3.05) is 25.0 Å². The molecule has 1 saturated heterocycles. The Morgan fingerprint density at radius 1 is 1.14 bits per heavy atom. The summed E-state index contributed by atoms with van der Waals surface area (Å²) in [4.78, 5) is 5.15. The summed E-state index contributed by atoms with van der Waals surface area (Å²) < 4.78 is 30.6. The molecule has 1 aliphatic carbocycles. The van der Waals surface area contributed by atoms with Crippen molar-refractivity contribution in [1.82, 2.24) is 18.9 Å². The second-order valence-electron chi connectivity index (χ2n) is 10.1. The van der Waals surface area contributed by atoms with Gasteiger partial charge >= 0.3 is 0 Å². The average molecular weight is 536 g/mol. The normalized spacial score (nSPS) is 19.1. The van der Waals surface area contributed by atoms with Crippen LogP contribution < -0.4 is 10.8 Å². The first-order valence-corrected chi connectivity index (χ1v) is 14.5. The summed E-state index contributed by atoms with van der Waals surface area (Å²) in [5.74, 6) is 0.893. The highest BCUT2D eigenvalue weighted by Gasteiger charge is 2.32. The maximum atomic E-state index is 13.6. The fourth-order valence-electron chi connectivity index (χ4n) is 5.48. The van der Waals surface area contributed by atoms with Gasteiger partial charge in [0.2, 0.25) is 10.0 Å². The minimum Gasteiger partial charge on any atom is -0.370 e. The van der Waals surface area contributed by atoms with Crippen molar-refractivity contribution in [3.05, 3.63) is 64.0 Å². The van der Waals surface area contributed by atoms with Gasteiger partial charge in [-0.3, -0.25) is 0 Å². The lowest BCUT2D eigenvalue weighted by atomic mass is 9.99. The summed E-state index contributed by atoms with van der Waals surface area (Å²) in [6.45, 7) is 7.33. The van der Waals surface area contributed by atoms with Gasteiger partial charge in [-0.05, 0) is 69.0 Å². The Kier molecular flexibility index (Phi) is 7.22. The molecule has 2 radical (unpaired) electrons. The molecule has 0 saturated carbocycles. The molecule has 0 bridgehead atoms. The van der Waals surface area contributed by atoms with Crippen molar-refractivity contribution in [3.63, 3.8) is 0 Å². The van der Waals surface area contributed by atoms with Crippen molar-refractivity contribution in [1.29, 1.82) is 0 Å². The number of aromatic nitrogens is 3. The minimum absolute atomic E-state index is 0.145. The second kappa shape index (κ2) is 10.3. The van der Waals surface area contributed by atoms with Crippen LogP contribution in [0.4, 0.5) is 5.82 Å². The standard InChI is InChI=1S/C27H31BClN5O2S/c1-17-11-18(2)26(19(3)12-17)37(35,36)33-10-6-7-20(16-33)14-30-25-13-24(21-8-4-5-9-23(21)29)32-27-22(28)15-31-34(25)27/h8-9,11-13,15,20,30H,4-7,10,14,16H2,1-3H3. The predicted molar refractivity (Wildman–Crippen MR) is 150 cm³/mol. The minimum atomic E-state index is -3.58. The number of rotatable bonds is 6. The molecule has 3 heterocycles. The molecule has 7 nitrogen and oxygen atoms in total. The Bertz CT molecular complexity index is 1510. The van der Waals surface area contributed by atoms with E-state index in [1.807, 2.05) is 45.0 Å². The van der Waals surface area contributed by atoms with E-state index in [1.54, 1.807) is 15.0 Å². The molecule has 3 aromatic rings. The predicted octanol–water partition coefficient (Wildman–Crippen LogP) is 4.26. The van der Waals surface area contributed by atoms with E-state index >= 15 is 0 Å². The fraction of sp³-hybridized carbons (Fsp3) is 0.407. The Morgan fingerprint density at radius 2 is 1.86 bits per heavy atom. The summed E-state index contributed by atoms with van der Waals surface area (Å²) in [5, 5.41) is 8.58. The van der Waals surface area contributed by atoms with E-state index < -0.39 is 10.0 Å². The molecule has 1 atom stereocenters. The van der Waals surface area contributed by atoms with Gasteiger partial charge in [0.1, 0.15) is 13.7 Å². The molecule has 1 aromatic carbocycles. The summed E-state index contributed by atoms with van der Waals surface area (Å²) in [6.07, 6.45) is 9.25. The van der Waals surface area contributed by atoms with Crippen LogP contribution in [-0.4, -0.2) is 54.8 Å². The van der Waals surface area contributed by atoms with Crippen LogP contribution >= 0.6 is 11.6 Å². The number of benzene rings is 1. The summed E-state index contributed by atoms with van der Waals surface area (Å²) >= 11 is 6.49. The van der Waals surface area contributed by atoms with E-state index in [2.05, 4.69) is 16.5 Å². The van der Waals surface area contributed by atoms with Crippen LogP contribution in [-0.2, 0) is 10.0 Å². The lowest BCUT2D eigenvalue weighted by Gasteiger charge is -2.33. The summed E-state index contributed by atoms with van der Waals surface area (Å²) in [5.41, 5.74) is 5.34. The van der Waals surface area contributed by atoms with Crippen molar-refractivity contribution < 1.29 is 8.42 Å². The van der Waals surface area contributed by atoms with Crippen molar-refractivity contribution in [3.8, 4) is 0 Å². The topological polar surface area (TPSA) is 79.6 Å². The van der Waals surface area contributed by atoms with Crippen LogP contribution in [0.3, 0.4) is 0 Å². The Labute approximate surface area is 225 Å². The van der Waals surface area contributed by atoms with E-state index in [4.69, 9.17) is 24.4 Å². The Morgan fingerprint density at radius 3 is 2.59 bits per heavy atom. The molecule has 2 aromatic heterocycles. The maximum Gasteiger partial charge on any atom is 0.243 e. The van der Waals surface area contributed by atoms with Crippen molar-refractivity contribution >= 4 is 52.0 Å². The molecule has 1 N–H and O–H groups in total. The third-order valence-electron chi connectivity index (χ3n) is 7.13. The number of allylic oxidation sites excluding steroid dienone is 4. The van der Waals surface area contributed by atoms with Gasteiger partial charge in [0, 0.05) is 42.5 Å². The van der Waals surface area contributed by atoms with E-state index in [1.165, 1.54) is 0 Å². The molecule has 37 heavy (non-hydrogen) atoms. The van der Waals surface area contributed by atoms with Gasteiger partial charge in [0.15, 0.2) is 5.65 Å². The highest BCUT2D eigenvalue weighted by molar-refractivity contribution is 7.89. The number of anilines is 1. The van der Waals surface area contributed by atoms with Gasteiger partial charge < -0.3 is 5.32 Å². The van der Waals surface area contributed by atoms with Gasteiger partial charge in [-0.15, -0.1) is 0 Å². The highest BCUT2D eigenvalue weighted by atomic mass is 35.5. The highest BCUT2D eigenvalue weighted by Crippen LogP contribution is 2.32. The zero-order chi connectivity index (χ0) is 26.3. The van der Waals surface area contributed by atoms with Gasteiger partial charge in [-0.2, -0.15) is 13.9 Å². The third kappa shape index (κ3) is 5.09. The lowest BCUT2D eigenvalue weighted by Crippen LogP contribution is -2.42. The number of hydrogen-bond donors (Lipinski definition) is 1. The van der Waals surface area contributed by atoms with E-state index in [-0.39, 0.29) is 5.92 Å². The number of halogens is 1. The number of nitrogens with zero attached hydrogens (tertiary/aromatic N) is 4. The number of piperidine rings is 1. The number of fused-ring (bicyclic) bond motifs is 1. The molecule has 2 aliphatic rings. The van der Waals surface area contributed by atoms with Crippen molar-refractivity contribution in [2.24, 2.45) is 5.92 Å². The molecule has 5 rings (SSSR count). The molecule has 0 spiro atoms. The number of aryl methyl sites for hydroxylation is 3.